The lowest BCUT2D eigenvalue weighted by Gasteiger charge is -2.24. The molecule has 11 heteroatoms. The molecule has 35 heavy (non-hydrogen) atoms. The van der Waals surface area contributed by atoms with Crippen LogP contribution in [0.4, 0.5) is 21.5 Å². The normalized spacial score (nSPS) is 15.9. The Morgan fingerprint density at radius 1 is 1.17 bits per heavy atom. The fraction of sp³-hybridized carbons (Fsp3) is 0.250. The highest BCUT2D eigenvalue weighted by atomic mass is 35.5. The minimum absolute atomic E-state index is 0.0513. The number of carbonyl (C=O) groups excluding carboxylic acids is 1. The van der Waals surface area contributed by atoms with Crippen molar-refractivity contribution in [1.29, 1.82) is 0 Å². The third kappa shape index (κ3) is 5.56. The van der Waals surface area contributed by atoms with E-state index in [1.54, 1.807) is 24.3 Å². The molecule has 0 saturated carbocycles. The van der Waals surface area contributed by atoms with Crippen LogP contribution in [0.3, 0.4) is 0 Å². The van der Waals surface area contributed by atoms with Crippen molar-refractivity contribution in [3.05, 3.63) is 75.2 Å². The van der Waals surface area contributed by atoms with Gasteiger partial charge in [-0.15, -0.1) is 11.3 Å². The summed E-state index contributed by atoms with van der Waals surface area (Å²) in [5.74, 6) is -1.67. The van der Waals surface area contributed by atoms with Crippen LogP contribution in [0, 0.1) is 5.82 Å². The van der Waals surface area contributed by atoms with Gasteiger partial charge in [0.15, 0.2) is 0 Å². The van der Waals surface area contributed by atoms with Gasteiger partial charge in [-0.2, -0.15) is 0 Å². The molecule has 0 bridgehead atoms. The lowest BCUT2D eigenvalue weighted by atomic mass is 9.94. The maximum atomic E-state index is 15.2. The molecule has 0 fully saturated rings. The number of anilines is 2. The quantitative estimate of drug-likeness (QED) is 0.424. The average molecular weight is 535 g/mol. The SMILES string of the molecule is CN(C)CCN(c1ccc(N=C(c2cccs2)C2C(=O)Nc3cc(Cl)ccc32)cc1F)S(C)(=O)=O. The molecule has 4 rings (SSSR count). The van der Waals surface area contributed by atoms with Crippen LogP contribution in [0.1, 0.15) is 16.4 Å². The number of rotatable bonds is 8. The third-order valence-corrected chi connectivity index (χ3v) is 7.80. The van der Waals surface area contributed by atoms with Gasteiger partial charge in [0.1, 0.15) is 11.7 Å². The van der Waals surface area contributed by atoms with Gasteiger partial charge in [-0.05, 0) is 55.4 Å². The van der Waals surface area contributed by atoms with Gasteiger partial charge in [0.05, 0.1) is 23.3 Å². The summed E-state index contributed by atoms with van der Waals surface area (Å²) in [6.07, 6.45) is 1.05. The van der Waals surface area contributed by atoms with Crippen molar-refractivity contribution in [1.82, 2.24) is 4.90 Å². The molecule has 1 unspecified atom stereocenters. The molecule has 1 aliphatic rings. The van der Waals surface area contributed by atoms with Crippen molar-refractivity contribution >= 4 is 61.6 Å². The molecule has 2 heterocycles. The topological polar surface area (TPSA) is 82.1 Å². The Labute approximate surface area is 212 Å². The zero-order valence-corrected chi connectivity index (χ0v) is 21.7. The molecule has 0 spiro atoms. The van der Waals surface area contributed by atoms with Crippen molar-refractivity contribution in [3.8, 4) is 0 Å². The molecule has 7 nitrogen and oxygen atoms in total. The van der Waals surface area contributed by atoms with Crippen molar-refractivity contribution < 1.29 is 17.6 Å². The smallest absolute Gasteiger partial charge is 0.238 e. The molecule has 2 aromatic carbocycles. The van der Waals surface area contributed by atoms with Crippen LogP contribution < -0.4 is 9.62 Å². The van der Waals surface area contributed by atoms with Gasteiger partial charge in [0.2, 0.25) is 15.9 Å². The third-order valence-electron chi connectivity index (χ3n) is 5.49. The van der Waals surface area contributed by atoms with Gasteiger partial charge in [-0.1, -0.05) is 23.7 Å². The number of aliphatic imine (C=N–C) groups is 1. The highest BCUT2D eigenvalue weighted by Gasteiger charge is 2.36. The molecule has 184 valence electrons. The predicted octanol–water partition coefficient (Wildman–Crippen LogP) is 4.72. The summed E-state index contributed by atoms with van der Waals surface area (Å²) in [4.78, 5) is 20.2. The fourth-order valence-electron chi connectivity index (χ4n) is 3.85. The first-order chi connectivity index (χ1) is 16.5. The highest BCUT2D eigenvalue weighted by Crippen LogP contribution is 2.38. The molecule has 3 aromatic rings. The van der Waals surface area contributed by atoms with E-state index in [4.69, 9.17) is 11.6 Å². The summed E-state index contributed by atoms with van der Waals surface area (Å²) in [5, 5.41) is 5.22. The summed E-state index contributed by atoms with van der Waals surface area (Å²) in [7, 11) is -0.0730. The summed E-state index contributed by atoms with van der Waals surface area (Å²) in [6, 6.07) is 13.0. The number of thiophene rings is 1. The molecule has 1 N–H and O–H groups in total. The molecular weight excluding hydrogens is 511 g/mol. The molecule has 1 aliphatic heterocycles. The Bertz CT molecular complexity index is 1390. The van der Waals surface area contributed by atoms with E-state index in [-0.39, 0.29) is 23.8 Å². The van der Waals surface area contributed by atoms with Crippen molar-refractivity contribution in [2.75, 3.05) is 43.1 Å². The summed E-state index contributed by atoms with van der Waals surface area (Å²) in [6.45, 7) is 0.530. The maximum absolute atomic E-state index is 15.2. The first-order valence-electron chi connectivity index (χ1n) is 10.7. The second-order valence-electron chi connectivity index (χ2n) is 8.40. The minimum Gasteiger partial charge on any atom is -0.325 e. The summed E-state index contributed by atoms with van der Waals surface area (Å²) < 4.78 is 40.9. The van der Waals surface area contributed by atoms with E-state index >= 15 is 4.39 Å². The van der Waals surface area contributed by atoms with Gasteiger partial charge >= 0.3 is 0 Å². The van der Waals surface area contributed by atoms with Crippen molar-refractivity contribution in [3.63, 3.8) is 0 Å². The van der Waals surface area contributed by atoms with E-state index in [1.807, 2.05) is 36.5 Å². The van der Waals surface area contributed by atoms with E-state index in [2.05, 4.69) is 10.3 Å². The number of carbonyl (C=O) groups is 1. The molecule has 0 aliphatic carbocycles. The number of fused-ring (bicyclic) bond motifs is 1. The zero-order chi connectivity index (χ0) is 25.3. The molecular formula is C24H24ClFN4O3S2. The second-order valence-corrected chi connectivity index (χ2v) is 11.7. The monoisotopic (exact) mass is 534 g/mol. The number of hydrogen-bond acceptors (Lipinski definition) is 6. The minimum atomic E-state index is -3.70. The molecule has 0 saturated heterocycles. The van der Waals surface area contributed by atoms with Crippen LogP contribution in [0.2, 0.25) is 5.02 Å². The molecule has 1 amide bonds. The Hall–Kier alpha value is -2.79. The first kappa shape index (κ1) is 25.3. The van der Waals surface area contributed by atoms with E-state index in [1.165, 1.54) is 23.5 Å². The van der Waals surface area contributed by atoms with E-state index in [0.717, 1.165) is 21.0 Å². The van der Waals surface area contributed by atoms with Gasteiger partial charge < -0.3 is 10.2 Å². The maximum Gasteiger partial charge on any atom is 0.238 e. The van der Waals surface area contributed by atoms with Crippen LogP contribution in [-0.4, -0.2) is 58.4 Å². The summed E-state index contributed by atoms with van der Waals surface area (Å²) >= 11 is 7.51. The van der Waals surface area contributed by atoms with Gasteiger partial charge in [-0.3, -0.25) is 14.1 Å². The number of sulfonamides is 1. The number of likely N-dealkylation sites (N-methyl/N-ethyl adjacent to an activating group) is 1. The summed E-state index contributed by atoms with van der Waals surface area (Å²) in [5.41, 5.74) is 2.03. The number of halogens is 2. The first-order valence-corrected chi connectivity index (χ1v) is 13.8. The standard InChI is InChI=1S/C24H24ClFN4O3S2/c1-29(2)10-11-30(35(3,32)33)20-9-7-16(14-18(20)26)27-23(21-5-4-12-34-21)22-17-8-6-15(25)13-19(17)28-24(22)31/h4-9,12-14,22H,10-11H2,1-3H3,(H,28,31). The Morgan fingerprint density at radius 2 is 1.94 bits per heavy atom. The lowest BCUT2D eigenvalue weighted by molar-refractivity contribution is -0.115. The van der Waals surface area contributed by atoms with E-state index < -0.39 is 21.8 Å². The number of nitrogens with zero attached hydrogens (tertiary/aromatic N) is 3. The number of hydrogen-bond donors (Lipinski definition) is 1. The van der Waals surface area contributed by atoms with E-state index in [0.29, 0.717) is 23.0 Å². The molecule has 1 atom stereocenters. The van der Waals surface area contributed by atoms with Crippen LogP contribution in [-0.2, 0) is 14.8 Å². The van der Waals surface area contributed by atoms with Gasteiger partial charge in [0, 0.05) is 34.7 Å². The van der Waals surface area contributed by atoms with Gasteiger partial charge in [-0.25, -0.2) is 12.8 Å². The van der Waals surface area contributed by atoms with Crippen LogP contribution in [0.15, 0.2) is 58.9 Å². The average Bonchev–Trinajstić information content (AvgIpc) is 3.40. The largest absolute Gasteiger partial charge is 0.325 e. The van der Waals surface area contributed by atoms with Crippen molar-refractivity contribution in [2.24, 2.45) is 4.99 Å². The van der Waals surface area contributed by atoms with Crippen LogP contribution in [0.25, 0.3) is 0 Å². The van der Waals surface area contributed by atoms with E-state index in [9.17, 15) is 13.2 Å². The van der Waals surface area contributed by atoms with Gasteiger partial charge in [0.25, 0.3) is 0 Å². The fourth-order valence-corrected chi connectivity index (χ4v) is 5.69. The Balaban J connectivity index is 1.76. The number of nitrogens with one attached hydrogen (secondary N) is 1. The highest BCUT2D eigenvalue weighted by molar-refractivity contribution is 7.92. The Morgan fingerprint density at radius 3 is 2.57 bits per heavy atom. The predicted molar refractivity (Wildman–Crippen MR) is 140 cm³/mol. The molecule has 0 radical (unpaired) electrons. The number of amides is 1. The lowest BCUT2D eigenvalue weighted by Crippen LogP contribution is -2.36. The number of benzene rings is 2. The molecule has 1 aromatic heterocycles. The zero-order valence-electron chi connectivity index (χ0n) is 19.3. The van der Waals surface area contributed by atoms with Crippen LogP contribution in [0.5, 0.6) is 0 Å². The Kier molecular flexibility index (Phi) is 7.27. The van der Waals surface area contributed by atoms with Crippen LogP contribution >= 0.6 is 22.9 Å². The second kappa shape index (κ2) is 10.1. The van der Waals surface area contributed by atoms with Crippen molar-refractivity contribution in [2.45, 2.75) is 5.92 Å².